The van der Waals surface area contributed by atoms with Crippen LogP contribution in [0.1, 0.15) is 26.5 Å². The molecule has 1 amide bonds. The molecule has 0 aliphatic carbocycles. The molecule has 1 aromatic carbocycles. The van der Waals surface area contributed by atoms with Crippen molar-refractivity contribution >= 4 is 28.9 Å². The molecule has 204 valence electrons. The van der Waals surface area contributed by atoms with E-state index in [0.717, 1.165) is 0 Å². The molecule has 0 bridgehead atoms. The average Bonchev–Trinajstić information content (AvgIpc) is 2.90. The maximum atomic E-state index is 13.9. The standard InChI is InChI=1S/C28H32N6O5/c1-28(2,3)39-27(36)32-23-9-7-8-19(31-23)10-11-34-24-18(16-30-26(29-4)33-24)14-22(25(34)35)17-12-20(37-5)15-21(13-17)38-6/h7-9,12-16H,10-11H2,1-6H3,(H,29,30,33)(H,31,32,36). The predicted molar refractivity (Wildman–Crippen MR) is 150 cm³/mol. The quantitative estimate of drug-likeness (QED) is 0.337. The van der Waals surface area contributed by atoms with Gasteiger partial charge in [-0.15, -0.1) is 0 Å². The van der Waals surface area contributed by atoms with Crippen LogP contribution in [0.4, 0.5) is 16.6 Å². The van der Waals surface area contributed by atoms with Crippen LogP contribution in [-0.2, 0) is 17.7 Å². The average molecular weight is 533 g/mol. The van der Waals surface area contributed by atoms with Crippen LogP contribution >= 0.6 is 0 Å². The first-order valence-electron chi connectivity index (χ1n) is 12.4. The Labute approximate surface area is 226 Å². The molecule has 0 aliphatic heterocycles. The lowest BCUT2D eigenvalue weighted by Gasteiger charge is -2.19. The highest BCUT2D eigenvalue weighted by Crippen LogP contribution is 2.29. The lowest BCUT2D eigenvalue weighted by Crippen LogP contribution is -2.27. The maximum Gasteiger partial charge on any atom is 0.413 e. The van der Waals surface area contributed by atoms with Gasteiger partial charge in [-0.25, -0.2) is 14.8 Å². The van der Waals surface area contributed by atoms with Crippen molar-refractivity contribution < 1.29 is 19.0 Å². The van der Waals surface area contributed by atoms with Crippen LogP contribution in [0.15, 0.2) is 53.5 Å². The molecule has 11 nitrogen and oxygen atoms in total. The molecular formula is C28H32N6O5. The summed E-state index contributed by atoms with van der Waals surface area (Å²) in [6.45, 7) is 5.65. The van der Waals surface area contributed by atoms with Crippen molar-refractivity contribution in [2.24, 2.45) is 0 Å². The van der Waals surface area contributed by atoms with Gasteiger partial charge in [0.25, 0.3) is 5.56 Å². The zero-order chi connectivity index (χ0) is 28.2. The van der Waals surface area contributed by atoms with Crippen molar-refractivity contribution in [1.82, 2.24) is 19.5 Å². The number of pyridine rings is 2. The Morgan fingerprint density at radius 2 is 1.74 bits per heavy atom. The molecule has 0 unspecified atom stereocenters. The topological polar surface area (TPSA) is 129 Å². The largest absolute Gasteiger partial charge is 0.497 e. The summed E-state index contributed by atoms with van der Waals surface area (Å²) in [6, 6.07) is 12.4. The highest BCUT2D eigenvalue weighted by atomic mass is 16.6. The third-order valence-corrected chi connectivity index (χ3v) is 5.74. The number of nitrogens with one attached hydrogen (secondary N) is 2. The molecule has 0 spiro atoms. The molecule has 4 rings (SSSR count). The summed E-state index contributed by atoms with van der Waals surface area (Å²) in [4.78, 5) is 39.4. The van der Waals surface area contributed by atoms with E-state index in [4.69, 9.17) is 14.2 Å². The van der Waals surface area contributed by atoms with Crippen molar-refractivity contribution in [3.8, 4) is 22.6 Å². The van der Waals surface area contributed by atoms with E-state index < -0.39 is 11.7 Å². The second-order valence-corrected chi connectivity index (χ2v) is 9.73. The van der Waals surface area contributed by atoms with Crippen LogP contribution in [0, 0.1) is 0 Å². The second-order valence-electron chi connectivity index (χ2n) is 9.73. The van der Waals surface area contributed by atoms with Gasteiger partial charge >= 0.3 is 6.09 Å². The number of nitrogens with zero attached hydrogens (tertiary/aromatic N) is 4. The number of anilines is 2. The third-order valence-electron chi connectivity index (χ3n) is 5.74. The Bertz CT molecular complexity index is 1540. The van der Waals surface area contributed by atoms with Gasteiger partial charge in [-0.1, -0.05) is 6.07 Å². The van der Waals surface area contributed by atoms with E-state index in [1.807, 2.05) is 6.07 Å². The van der Waals surface area contributed by atoms with Gasteiger partial charge in [-0.05, 0) is 56.7 Å². The van der Waals surface area contributed by atoms with Gasteiger partial charge < -0.3 is 19.5 Å². The smallest absolute Gasteiger partial charge is 0.413 e. The van der Waals surface area contributed by atoms with Crippen molar-refractivity contribution in [3.05, 3.63) is 64.7 Å². The first kappa shape index (κ1) is 27.4. The predicted octanol–water partition coefficient (Wildman–Crippen LogP) is 4.50. The minimum absolute atomic E-state index is 0.235. The van der Waals surface area contributed by atoms with Crippen LogP contribution in [0.25, 0.3) is 22.2 Å². The molecule has 3 aromatic heterocycles. The number of methoxy groups -OCH3 is 2. The second kappa shape index (κ2) is 11.4. The van der Waals surface area contributed by atoms with Gasteiger partial charge in [0.2, 0.25) is 5.95 Å². The van der Waals surface area contributed by atoms with Gasteiger partial charge in [-0.3, -0.25) is 14.7 Å². The highest BCUT2D eigenvalue weighted by molar-refractivity contribution is 5.84. The van der Waals surface area contributed by atoms with E-state index in [1.165, 1.54) is 0 Å². The lowest BCUT2D eigenvalue weighted by molar-refractivity contribution is 0.0635. The SMILES string of the molecule is CNc1ncc2cc(-c3cc(OC)cc(OC)c3)c(=O)n(CCc3cccc(NC(=O)OC(C)(C)C)n3)c2n1. The van der Waals surface area contributed by atoms with Gasteiger partial charge in [0, 0.05) is 48.9 Å². The van der Waals surface area contributed by atoms with Crippen molar-refractivity contribution in [3.63, 3.8) is 0 Å². The molecule has 0 saturated heterocycles. The van der Waals surface area contributed by atoms with Crippen LogP contribution in [-0.4, -0.2) is 52.5 Å². The maximum absolute atomic E-state index is 13.9. The molecule has 3 heterocycles. The Morgan fingerprint density at radius 3 is 2.38 bits per heavy atom. The van der Waals surface area contributed by atoms with Crippen molar-refractivity contribution in [2.75, 3.05) is 31.9 Å². The van der Waals surface area contributed by atoms with Crippen molar-refractivity contribution in [1.29, 1.82) is 0 Å². The van der Waals surface area contributed by atoms with E-state index in [1.54, 1.807) is 89.2 Å². The number of aromatic nitrogens is 4. The van der Waals surface area contributed by atoms with Crippen LogP contribution in [0.2, 0.25) is 0 Å². The summed E-state index contributed by atoms with van der Waals surface area (Å²) in [5, 5.41) is 6.27. The summed E-state index contributed by atoms with van der Waals surface area (Å²) in [5.74, 6) is 1.88. The zero-order valence-corrected chi connectivity index (χ0v) is 22.9. The third kappa shape index (κ3) is 6.61. The minimum Gasteiger partial charge on any atom is -0.497 e. The molecule has 0 aliphatic rings. The number of benzene rings is 1. The number of hydrogen-bond acceptors (Lipinski definition) is 9. The number of carbonyl (C=O) groups excluding carboxylic acids is 1. The number of amides is 1. The summed E-state index contributed by atoms with van der Waals surface area (Å²) >= 11 is 0. The van der Waals surface area contributed by atoms with E-state index in [9.17, 15) is 9.59 Å². The summed E-state index contributed by atoms with van der Waals surface area (Å²) in [5.41, 5.74) is 1.40. The number of carbonyl (C=O) groups is 1. The molecule has 2 N–H and O–H groups in total. The first-order chi connectivity index (χ1) is 18.6. The minimum atomic E-state index is -0.629. The summed E-state index contributed by atoms with van der Waals surface area (Å²) < 4.78 is 17.7. The number of aryl methyl sites for hydroxylation is 2. The number of hydrogen-bond donors (Lipinski definition) is 2. The molecular weight excluding hydrogens is 500 g/mol. The molecule has 0 radical (unpaired) electrons. The van der Waals surface area contributed by atoms with E-state index in [2.05, 4.69) is 25.6 Å². The molecule has 39 heavy (non-hydrogen) atoms. The molecule has 0 fully saturated rings. The zero-order valence-electron chi connectivity index (χ0n) is 22.9. The van der Waals surface area contributed by atoms with Crippen LogP contribution in [0.5, 0.6) is 11.5 Å². The molecule has 11 heteroatoms. The van der Waals surface area contributed by atoms with Gasteiger partial charge in [0.15, 0.2) is 0 Å². The normalized spacial score (nSPS) is 11.2. The van der Waals surface area contributed by atoms with Crippen LogP contribution in [0.3, 0.4) is 0 Å². The van der Waals surface area contributed by atoms with Gasteiger partial charge in [0.1, 0.15) is 28.6 Å². The number of fused-ring (bicyclic) bond motifs is 1. The monoisotopic (exact) mass is 532 g/mol. The molecule has 4 aromatic rings. The summed E-state index contributed by atoms with van der Waals surface area (Å²) in [7, 11) is 4.83. The van der Waals surface area contributed by atoms with Gasteiger partial charge in [0.05, 0.1) is 14.2 Å². The summed E-state index contributed by atoms with van der Waals surface area (Å²) in [6.07, 6.45) is 1.49. The first-order valence-corrected chi connectivity index (χ1v) is 12.4. The Hall–Kier alpha value is -4.67. The van der Waals surface area contributed by atoms with Crippen LogP contribution < -0.4 is 25.7 Å². The fraction of sp³-hybridized carbons (Fsp3) is 0.321. The Kier molecular flexibility index (Phi) is 7.99. The molecule has 0 atom stereocenters. The van der Waals surface area contributed by atoms with Crippen molar-refractivity contribution in [2.45, 2.75) is 39.3 Å². The fourth-order valence-corrected chi connectivity index (χ4v) is 3.98. The number of ether oxygens (including phenoxy) is 3. The van der Waals surface area contributed by atoms with E-state index in [-0.39, 0.29) is 12.1 Å². The highest BCUT2D eigenvalue weighted by Gasteiger charge is 2.18. The number of rotatable bonds is 8. The Balaban J connectivity index is 1.71. The Morgan fingerprint density at radius 1 is 1.03 bits per heavy atom. The fourth-order valence-electron chi connectivity index (χ4n) is 3.98. The van der Waals surface area contributed by atoms with E-state index in [0.29, 0.717) is 57.5 Å². The lowest BCUT2D eigenvalue weighted by atomic mass is 10.0. The molecule has 0 saturated carbocycles. The van der Waals surface area contributed by atoms with E-state index >= 15 is 0 Å². The van der Waals surface area contributed by atoms with Gasteiger partial charge in [-0.2, -0.15) is 4.98 Å².